The Hall–Kier alpha value is -2.43. The Morgan fingerprint density at radius 1 is 1.14 bits per heavy atom. The summed E-state index contributed by atoms with van der Waals surface area (Å²) in [6.07, 6.45) is 0. The van der Waals surface area contributed by atoms with Gasteiger partial charge >= 0.3 is 0 Å². The molecule has 1 N–H and O–H groups in total. The minimum Gasteiger partial charge on any atom is -0.508 e. The van der Waals surface area contributed by atoms with Crippen LogP contribution in [0.3, 0.4) is 0 Å². The van der Waals surface area contributed by atoms with Gasteiger partial charge in [0.05, 0.1) is 7.11 Å². The quantitative estimate of drug-likeness (QED) is 0.941. The van der Waals surface area contributed by atoms with Crippen molar-refractivity contribution in [1.29, 1.82) is 0 Å². The lowest BCUT2D eigenvalue weighted by atomic mass is 9.91. The summed E-state index contributed by atoms with van der Waals surface area (Å²) in [5, 5.41) is 10.1. The number of aromatic hydroxyl groups is 1. The van der Waals surface area contributed by atoms with E-state index in [1.54, 1.807) is 18.2 Å². The fraction of sp³-hybridized carbons (Fsp3) is 0.250. The topological polar surface area (TPSA) is 47.9 Å². The van der Waals surface area contributed by atoms with Crippen LogP contribution in [0.5, 0.6) is 23.0 Å². The number of hydrogen-bond donors (Lipinski definition) is 1. The monoisotopic (exact) mass is 290 g/mol. The molecular formula is C16H15FO4. The maximum atomic E-state index is 14.2. The first-order valence-electron chi connectivity index (χ1n) is 6.56. The second kappa shape index (κ2) is 5.16. The lowest BCUT2D eigenvalue weighted by Crippen LogP contribution is -2.00. The highest BCUT2D eigenvalue weighted by atomic mass is 19.1. The molecule has 1 aliphatic heterocycles. The van der Waals surface area contributed by atoms with Gasteiger partial charge in [-0.25, -0.2) is 4.39 Å². The van der Waals surface area contributed by atoms with Gasteiger partial charge in [-0.2, -0.15) is 0 Å². The number of hydrogen-bond acceptors (Lipinski definition) is 4. The molecule has 2 aromatic carbocycles. The Labute approximate surface area is 121 Å². The molecule has 5 heteroatoms. The van der Waals surface area contributed by atoms with Gasteiger partial charge in [-0.05, 0) is 17.7 Å². The van der Waals surface area contributed by atoms with Crippen LogP contribution in [0.4, 0.5) is 4.39 Å². The Bertz CT molecular complexity index is 684. The summed E-state index contributed by atoms with van der Waals surface area (Å²) in [5.74, 6) is 0.867. The molecule has 0 saturated heterocycles. The highest BCUT2D eigenvalue weighted by Crippen LogP contribution is 2.42. The molecule has 21 heavy (non-hydrogen) atoms. The first-order valence-corrected chi connectivity index (χ1v) is 6.56. The fourth-order valence-electron chi connectivity index (χ4n) is 2.45. The largest absolute Gasteiger partial charge is 0.508 e. The van der Waals surface area contributed by atoms with Crippen LogP contribution < -0.4 is 14.2 Å². The number of halogens is 1. The van der Waals surface area contributed by atoms with Crippen LogP contribution in [-0.4, -0.2) is 19.0 Å². The predicted octanol–water partition coefficient (Wildman–Crippen LogP) is 3.42. The number of methoxy groups -OCH3 is 1. The van der Waals surface area contributed by atoms with Gasteiger partial charge in [0.15, 0.2) is 11.5 Å². The van der Waals surface area contributed by atoms with Crippen LogP contribution >= 0.6 is 0 Å². The van der Waals surface area contributed by atoms with Crippen molar-refractivity contribution < 1.29 is 23.7 Å². The second-order valence-electron chi connectivity index (χ2n) is 4.87. The Kier molecular flexibility index (Phi) is 3.33. The molecule has 0 saturated carbocycles. The van der Waals surface area contributed by atoms with E-state index in [0.717, 1.165) is 0 Å². The van der Waals surface area contributed by atoms with Crippen molar-refractivity contribution in [2.75, 3.05) is 13.9 Å². The molecule has 0 aliphatic carbocycles. The van der Waals surface area contributed by atoms with Crippen molar-refractivity contribution >= 4 is 0 Å². The number of benzene rings is 2. The SMILES string of the molecule is COc1ccc(C(C)c2cc3c(cc2O)OCO3)c(F)c1. The summed E-state index contributed by atoms with van der Waals surface area (Å²) in [5.41, 5.74) is 1.06. The van der Waals surface area contributed by atoms with E-state index in [0.29, 0.717) is 28.4 Å². The van der Waals surface area contributed by atoms with Gasteiger partial charge in [-0.3, -0.25) is 0 Å². The van der Waals surface area contributed by atoms with Crippen molar-refractivity contribution in [1.82, 2.24) is 0 Å². The molecule has 0 amide bonds. The van der Waals surface area contributed by atoms with Crippen LogP contribution in [0.25, 0.3) is 0 Å². The van der Waals surface area contributed by atoms with Gasteiger partial charge < -0.3 is 19.3 Å². The number of phenols is 1. The van der Waals surface area contributed by atoms with Crippen LogP contribution in [0, 0.1) is 5.82 Å². The molecule has 0 radical (unpaired) electrons. The van der Waals surface area contributed by atoms with E-state index in [4.69, 9.17) is 14.2 Å². The average molecular weight is 290 g/mol. The molecular weight excluding hydrogens is 275 g/mol. The molecule has 0 spiro atoms. The molecule has 1 aliphatic rings. The van der Waals surface area contributed by atoms with Gasteiger partial charge in [-0.15, -0.1) is 0 Å². The number of phenolic OH excluding ortho intramolecular Hbond substituents is 1. The third-order valence-electron chi connectivity index (χ3n) is 3.66. The second-order valence-corrected chi connectivity index (χ2v) is 4.87. The smallest absolute Gasteiger partial charge is 0.231 e. The van der Waals surface area contributed by atoms with Gasteiger partial charge in [-0.1, -0.05) is 13.0 Å². The van der Waals surface area contributed by atoms with Crippen molar-refractivity contribution in [2.24, 2.45) is 0 Å². The predicted molar refractivity (Wildman–Crippen MR) is 74.7 cm³/mol. The molecule has 0 aromatic heterocycles. The molecule has 1 unspecified atom stereocenters. The van der Waals surface area contributed by atoms with E-state index < -0.39 is 0 Å². The van der Waals surface area contributed by atoms with E-state index in [9.17, 15) is 9.50 Å². The maximum Gasteiger partial charge on any atom is 0.231 e. The van der Waals surface area contributed by atoms with Crippen LogP contribution in [0.2, 0.25) is 0 Å². The van der Waals surface area contributed by atoms with Gasteiger partial charge in [0.25, 0.3) is 0 Å². The summed E-state index contributed by atoms with van der Waals surface area (Å²) < 4.78 is 29.7. The summed E-state index contributed by atoms with van der Waals surface area (Å²) in [6, 6.07) is 7.86. The zero-order valence-electron chi connectivity index (χ0n) is 11.7. The van der Waals surface area contributed by atoms with E-state index in [1.165, 1.54) is 19.2 Å². The van der Waals surface area contributed by atoms with Gasteiger partial charge in [0.1, 0.15) is 17.3 Å². The molecule has 0 fully saturated rings. The minimum atomic E-state index is -0.376. The number of rotatable bonds is 3. The summed E-state index contributed by atoms with van der Waals surface area (Å²) >= 11 is 0. The van der Waals surface area contributed by atoms with E-state index in [1.807, 2.05) is 6.92 Å². The molecule has 2 aromatic rings. The summed E-state index contributed by atoms with van der Waals surface area (Å²) in [6.45, 7) is 1.95. The molecule has 1 heterocycles. The maximum absolute atomic E-state index is 14.2. The van der Waals surface area contributed by atoms with Crippen LogP contribution in [0.1, 0.15) is 24.0 Å². The molecule has 0 bridgehead atoms. The normalized spacial score (nSPS) is 14.0. The third kappa shape index (κ3) is 2.35. The van der Waals surface area contributed by atoms with Crippen LogP contribution in [-0.2, 0) is 0 Å². The van der Waals surface area contributed by atoms with Crippen molar-refractivity contribution in [3.05, 3.63) is 47.3 Å². The van der Waals surface area contributed by atoms with E-state index in [-0.39, 0.29) is 24.3 Å². The Morgan fingerprint density at radius 3 is 2.52 bits per heavy atom. The number of fused-ring (bicyclic) bond motifs is 1. The lowest BCUT2D eigenvalue weighted by molar-refractivity contribution is 0.174. The Balaban J connectivity index is 2.00. The average Bonchev–Trinajstić information content (AvgIpc) is 2.92. The highest BCUT2D eigenvalue weighted by Gasteiger charge is 2.22. The molecule has 3 rings (SSSR count). The van der Waals surface area contributed by atoms with Crippen molar-refractivity contribution in [2.45, 2.75) is 12.8 Å². The first kappa shape index (κ1) is 13.5. The first-order chi connectivity index (χ1) is 10.1. The lowest BCUT2D eigenvalue weighted by Gasteiger charge is -2.16. The van der Waals surface area contributed by atoms with Gasteiger partial charge in [0, 0.05) is 23.6 Å². The Morgan fingerprint density at radius 2 is 1.86 bits per heavy atom. The molecule has 1 atom stereocenters. The molecule has 110 valence electrons. The van der Waals surface area contributed by atoms with Gasteiger partial charge in [0.2, 0.25) is 6.79 Å². The zero-order chi connectivity index (χ0) is 15.0. The van der Waals surface area contributed by atoms with E-state index in [2.05, 4.69) is 0 Å². The number of ether oxygens (including phenoxy) is 3. The van der Waals surface area contributed by atoms with Crippen molar-refractivity contribution in [3.8, 4) is 23.0 Å². The summed E-state index contributed by atoms with van der Waals surface area (Å²) in [4.78, 5) is 0. The standard InChI is InChI=1S/C16H15FO4/c1-9(11-4-3-10(19-2)5-13(11)17)12-6-15-16(7-14(12)18)21-8-20-15/h3-7,9,18H,8H2,1-2H3. The molecule has 4 nitrogen and oxygen atoms in total. The van der Waals surface area contributed by atoms with E-state index >= 15 is 0 Å². The summed E-state index contributed by atoms with van der Waals surface area (Å²) in [7, 11) is 1.49. The van der Waals surface area contributed by atoms with Crippen molar-refractivity contribution in [3.63, 3.8) is 0 Å². The van der Waals surface area contributed by atoms with Crippen LogP contribution in [0.15, 0.2) is 30.3 Å². The fourth-order valence-corrected chi connectivity index (χ4v) is 2.45. The highest BCUT2D eigenvalue weighted by molar-refractivity contribution is 5.54. The third-order valence-corrected chi connectivity index (χ3v) is 3.66. The minimum absolute atomic E-state index is 0.0574. The zero-order valence-corrected chi connectivity index (χ0v) is 11.7.